The lowest BCUT2D eigenvalue weighted by atomic mass is 10.1. The Labute approximate surface area is 299 Å². The van der Waals surface area contributed by atoms with Gasteiger partial charge in [0, 0.05) is 42.3 Å². The predicted octanol–water partition coefficient (Wildman–Crippen LogP) is 5.97. The third-order valence-electron chi connectivity index (χ3n) is 6.19. The number of rotatable bonds is 4. The van der Waals surface area contributed by atoms with E-state index in [1.807, 2.05) is 53.7 Å². The summed E-state index contributed by atoms with van der Waals surface area (Å²) in [7, 11) is 0. The molecule has 0 aliphatic carbocycles. The molecule has 4 heterocycles. The number of hydrogen-bond acceptors (Lipinski definition) is 10. The van der Waals surface area contributed by atoms with E-state index in [1.165, 1.54) is 21.9 Å². The van der Waals surface area contributed by atoms with Gasteiger partial charge in [-0.2, -0.15) is 9.45 Å². The van der Waals surface area contributed by atoms with Gasteiger partial charge in [-0.3, -0.25) is 28.9 Å². The van der Waals surface area contributed by atoms with Crippen molar-refractivity contribution in [1.29, 1.82) is 0 Å². The summed E-state index contributed by atoms with van der Waals surface area (Å²) in [4.78, 5) is 61.1. The van der Waals surface area contributed by atoms with Gasteiger partial charge >= 0.3 is 0 Å². The number of imide groups is 2. The van der Waals surface area contributed by atoms with Crippen LogP contribution >= 0.6 is 0 Å². The van der Waals surface area contributed by atoms with Crippen LogP contribution in [-0.2, 0) is 24.0 Å². The maximum Gasteiger partial charge on any atom is 0.254 e. The van der Waals surface area contributed by atoms with Crippen LogP contribution in [-0.4, -0.2) is 76.6 Å². The summed E-state index contributed by atoms with van der Waals surface area (Å²) >= 11 is 0. The first-order chi connectivity index (χ1) is 23.7. The van der Waals surface area contributed by atoms with Crippen LogP contribution in [0.4, 0.5) is 17.6 Å². The summed E-state index contributed by atoms with van der Waals surface area (Å²) < 4.78 is 57.6. The zero-order valence-corrected chi connectivity index (χ0v) is 31.4. The van der Waals surface area contributed by atoms with Gasteiger partial charge in [0.05, 0.1) is 6.10 Å². The summed E-state index contributed by atoms with van der Waals surface area (Å²) in [6, 6.07) is 3.66. The summed E-state index contributed by atoms with van der Waals surface area (Å²) in [5.41, 5.74) is -0.842. The van der Waals surface area contributed by atoms with Crippen LogP contribution in [0.3, 0.4) is 0 Å². The van der Waals surface area contributed by atoms with E-state index in [2.05, 4.69) is 15.3 Å². The van der Waals surface area contributed by atoms with Gasteiger partial charge in [0.1, 0.15) is 16.7 Å². The largest absolute Gasteiger partial charge is 0.482 e. The number of amides is 4. The van der Waals surface area contributed by atoms with E-state index >= 15 is 0 Å². The van der Waals surface area contributed by atoms with Gasteiger partial charge in [0.25, 0.3) is 23.6 Å². The van der Waals surface area contributed by atoms with E-state index in [-0.39, 0.29) is 48.2 Å². The van der Waals surface area contributed by atoms with Crippen LogP contribution in [0.5, 0.6) is 5.75 Å². The Hall–Kier alpha value is -4.93. The third-order valence-corrected chi connectivity index (χ3v) is 6.19. The summed E-state index contributed by atoms with van der Waals surface area (Å²) in [6.07, 6.45) is 4.73. The number of carbonyl (C=O) groups is 4. The number of halogens is 4. The monoisotopic (exact) mass is 738 g/mol. The quantitative estimate of drug-likeness (QED) is 0.136. The Bertz CT molecular complexity index is 1740. The molecule has 0 unspecified atom stereocenters. The molecular weight excluding hydrogens is 692 g/mol. The number of carbonyl (C=O) groups excluding carboxylic acids is 4. The molecule has 13 nitrogen and oxygen atoms in total. The fourth-order valence-electron chi connectivity index (χ4n) is 4.13. The van der Waals surface area contributed by atoms with Crippen LogP contribution in [0, 0.1) is 30.2 Å². The van der Waals surface area contributed by atoms with Gasteiger partial charge in [-0.05, 0) is 100 Å². The molecule has 17 heteroatoms. The first-order valence-electron chi connectivity index (χ1n) is 16.2. The maximum absolute atomic E-state index is 13.5. The molecule has 0 atom stereocenters. The zero-order chi connectivity index (χ0) is 39.9. The third kappa shape index (κ3) is 12.1. The van der Waals surface area contributed by atoms with Crippen molar-refractivity contribution < 1.29 is 51.2 Å². The molecule has 0 radical (unpaired) electrons. The number of hydroxylamine groups is 2. The van der Waals surface area contributed by atoms with Crippen LogP contribution < -0.4 is 9.57 Å². The van der Waals surface area contributed by atoms with Crippen molar-refractivity contribution in [2.45, 2.75) is 119 Å². The molecule has 4 amide bonds. The lowest BCUT2D eigenvalue weighted by Crippen LogP contribution is -2.45. The fourth-order valence-corrected chi connectivity index (χ4v) is 4.13. The first-order valence-corrected chi connectivity index (χ1v) is 16.2. The molecule has 3 aromatic rings. The Morgan fingerprint density at radius 1 is 0.769 bits per heavy atom. The second-order valence-electron chi connectivity index (χ2n) is 14.7. The predicted molar refractivity (Wildman–Crippen MR) is 181 cm³/mol. The number of benzene rings is 1. The molecule has 2 aliphatic heterocycles. The molecule has 1 saturated heterocycles. The van der Waals surface area contributed by atoms with E-state index in [9.17, 15) is 36.7 Å². The van der Waals surface area contributed by atoms with Crippen molar-refractivity contribution in [3.8, 4) is 5.75 Å². The molecular formula is C35H46F4N6O7. The van der Waals surface area contributed by atoms with Crippen molar-refractivity contribution in [2.75, 3.05) is 0 Å². The topological polar surface area (TPSA) is 146 Å². The molecule has 286 valence electrons. The molecule has 0 saturated carbocycles. The Kier molecular flexibility index (Phi) is 14.2. The molecule has 2 aromatic heterocycles. The molecule has 52 heavy (non-hydrogen) atoms. The number of aromatic nitrogens is 4. The highest BCUT2D eigenvalue weighted by Gasteiger charge is 2.33. The lowest BCUT2D eigenvalue weighted by molar-refractivity contribution is -0.198. The molecule has 0 bridgehead atoms. The average molecular weight is 739 g/mol. The van der Waals surface area contributed by atoms with Gasteiger partial charge in [0.2, 0.25) is 11.5 Å². The second kappa shape index (κ2) is 17.1. The number of pyridine rings is 1. The number of hydrogen-bond donors (Lipinski definition) is 0. The lowest BCUT2D eigenvalue weighted by Gasteiger charge is -2.29. The smallest absolute Gasteiger partial charge is 0.254 e. The average Bonchev–Trinajstić information content (AvgIpc) is 3.69. The Morgan fingerprint density at radius 2 is 1.31 bits per heavy atom. The molecule has 5 rings (SSSR count). The van der Waals surface area contributed by atoms with Gasteiger partial charge in [-0.1, -0.05) is 4.85 Å². The minimum Gasteiger partial charge on any atom is -0.482 e. The van der Waals surface area contributed by atoms with E-state index in [1.54, 1.807) is 40.8 Å². The van der Waals surface area contributed by atoms with Crippen LogP contribution in [0.2, 0.25) is 0 Å². The van der Waals surface area contributed by atoms with Crippen molar-refractivity contribution in [3.63, 3.8) is 0 Å². The summed E-state index contributed by atoms with van der Waals surface area (Å²) in [5, 5.41) is 8.66. The Morgan fingerprint density at radius 3 is 1.75 bits per heavy atom. The van der Waals surface area contributed by atoms with Crippen LogP contribution in [0.1, 0.15) is 94.6 Å². The van der Waals surface area contributed by atoms with Gasteiger partial charge in [-0.15, -0.1) is 5.10 Å². The molecule has 2 aliphatic rings. The zero-order valence-electron chi connectivity index (χ0n) is 31.4. The number of fused-ring (bicyclic) bond motifs is 1. The van der Waals surface area contributed by atoms with E-state index in [4.69, 9.17) is 14.4 Å². The second-order valence-corrected chi connectivity index (χ2v) is 14.7. The minimum atomic E-state index is -1.72. The Balaban J connectivity index is 0.000000243. The summed E-state index contributed by atoms with van der Waals surface area (Å²) in [5.74, 6) is -7.91. The van der Waals surface area contributed by atoms with E-state index in [0.717, 1.165) is 17.5 Å². The van der Waals surface area contributed by atoms with Crippen LogP contribution in [0.15, 0.2) is 30.5 Å². The molecule has 1 fully saturated rings. The van der Waals surface area contributed by atoms with Gasteiger partial charge < -0.3 is 9.57 Å². The highest BCUT2D eigenvalue weighted by molar-refractivity contribution is 6.13. The maximum atomic E-state index is 13.5. The molecule has 1 aromatic carbocycles. The van der Waals surface area contributed by atoms with Gasteiger partial charge in [0.15, 0.2) is 23.2 Å². The number of ether oxygens (including phenoxy) is 1. The fraction of sp³-hybridized carbons (Fsp3) is 0.514. The van der Waals surface area contributed by atoms with Crippen molar-refractivity contribution in [3.05, 3.63) is 59.3 Å². The normalized spacial score (nSPS) is 14.6. The molecule has 0 spiro atoms. The highest BCUT2D eigenvalue weighted by Crippen LogP contribution is 2.32. The highest BCUT2D eigenvalue weighted by atomic mass is 19.2. The van der Waals surface area contributed by atoms with E-state index in [0.29, 0.717) is 5.65 Å². The van der Waals surface area contributed by atoms with Crippen LogP contribution in [0.25, 0.3) is 11.2 Å². The number of nitrogens with zero attached hydrogens (tertiary/aromatic N) is 6. The van der Waals surface area contributed by atoms with Crippen molar-refractivity contribution in [2.24, 2.45) is 0 Å². The minimum absolute atomic E-state index is 0.124. The van der Waals surface area contributed by atoms with Crippen molar-refractivity contribution >= 4 is 34.8 Å². The molecule has 0 N–H and O–H groups in total. The first kappa shape index (κ1) is 43.2. The van der Waals surface area contributed by atoms with Gasteiger partial charge in [-0.25, -0.2) is 18.2 Å². The SMILES string of the molecule is CC(C)(C)N1C(=O)C=CC1=O.CC(C)(C)On1nnc2cccnc21.CC(C)ON1C(=O)CCC1=O.Cc1c(F)c(F)c(F)c(OC(C)(C)C)c1F. The summed E-state index contributed by atoms with van der Waals surface area (Å²) in [6.45, 7) is 20.5. The van der Waals surface area contributed by atoms with Crippen molar-refractivity contribution in [1.82, 2.24) is 30.1 Å². The standard InChI is InChI=1S/C11H12F4O.C9H12N4O.C8H11NO2.C7H11NO3/c1-5-6(12)8(14)9(15)10(7(5)13)16-11(2,3)4;1-9(2,3)14-13-8-7(11-12-13)5-4-6-10-8;1-8(2,3)9-6(10)4-5-7(9)11;1-5(2)11-8-6(9)3-4-7(8)10/h1-4H3;4-6H,1-3H3;4-5H,1-3H3;5H,3-4H2,1-2H3. The van der Waals surface area contributed by atoms with E-state index < -0.39 is 45.7 Å².